The van der Waals surface area contributed by atoms with E-state index in [0.717, 1.165) is 10.9 Å². The van der Waals surface area contributed by atoms with Crippen molar-refractivity contribution in [2.24, 2.45) is 0 Å². The number of benzene rings is 2. The number of carbonyl (C=O) groups excluding carboxylic acids is 2. The van der Waals surface area contributed by atoms with Crippen molar-refractivity contribution >= 4 is 22.8 Å². The highest BCUT2D eigenvalue weighted by Gasteiger charge is 2.11. The van der Waals surface area contributed by atoms with E-state index in [1.807, 2.05) is 36.4 Å². The first-order valence-electron chi connectivity index (χ1n) is 7.94. The SMILES string of the molecule is COC(=O)c1ccc(CCNC(=O)Cc2noc3ccccc23)cc1. The molecule has 6 nitrogen and oxygen atoms in total. The zero-order valence-electron chi connectivity index (χ0n) is 13.8. The van der Waals surface area contributed by atoms with Gasteiger partial charge >= 0.3 is 5.97 Å². The van der Waals surface area contributed by atoms with Crippen LogP contribution in [0.5, 0.6) is 0 Å². The standard InChI is InChI=1S/C19H18N2O4/c1-24-19(23)14-8-6-13(7-9-14)10-11-20-18(22)12-16-15-4-2-3-5-17(15)25-21-16/h2-9H,10-12H2,1H3,(H,20,22). The molecule has 0 unspecified atom stereocenters. The van der Waals surface area contributed by atoms with Crippen molar-refractivity contribution in [1.29, 1.82) is 0 Å². The van der Waals surface area contributed by atoms with Gasteiger partial charge in [0.2, 0.25) is 5.91 Å². The predicted molar refractivity (Wildman–Crippen MR) is 92.2 cm³/mol. The molecule has 3 rings (SSSR count). The number of methoxy groups -OCH3 is 1. The second-order valence-corrected chi connectivity index (χ2v) is 5.59. The van der Waals surface area contributed by atoms with Gasteiger partial charge in [-0.1, -0.05) is 29.4 Å². The minimum Gasteiger partial charge on any atom is -0.465 e. The Hall–Kier alpha value is -3.15. The maximum absolute atomic E-state index is 12.1. The monoisotopic (exact) mass is 338 g/mol. The summed E-state index contributed by atoms with van der Waals surface area (Å²) < 4.78 is 9.86. The smallest absolute Gasteiger partial charge is 0.337 e. The minimum absolute atomic E-state index is 0.106. The summed E-state index contributed by atoms with van der Waals surface area (Å²) in [4.78, 5) is 23.5. The van der Waals surface area contributed by atoms with Gasteiger partial charge in [0, 0.05) is 11.9 Å². The van der Waals surface area contributed by atoms with Crippen LogP contribution in [0.2, 0.25) is 0 Å². The summed E-state index contributed by atoms with van der Waals surface area (Å²) in [5.41, 5.74) is 2.85. The Morgan fingerprint density at radius 3 is 2.64 bits per heavy atom. The minimum atomic E-state index is -0.361. The van der Waals surface area contributed by atoms with Gasteiger partial charge in [0.15, 0.2) is 5.58 Å². The molecule has 1 heterocycles. The number of aromatic nitrogens is 1. The maximum Gasteiger partial charge on any atom is 0.337 e. The summed E-state index contributed by atoms with van der Waals surface area (Å²) in [7, 11) is 1.35. The number of hydrogen-bond donors (Lipinski definition) is 1. The Morgan fingerprint density at radius 1 is 1.12 bits per heavy atom. The second-order valence-electron chi connectivity index (χ2n) is 5.59. The van der Waals surface area contributed by atoms with Crippen LogP contribution < -0.4 is 5.32 Å². The second kappa shape index (κ2) is 7.61. The van der Waals surface area contributed by atoms with Crippen LogP contribution in [0.1, 0.15) is 21.6 Å². The highest BCUT2D eigenvalue weighted by Crippen LogP contribution is 2.17. The van der Waals surface area contributed by atoms with Crippen molar-refractivity contribution in [3.05, 3.63) is 65.4 Å². The lowest BCUT2D eigenvalue weighted by Crippen LogP contribution is -2.27. The number of nitrogens with zero attached hydrogens (tertiary/aromatic N) is 1. The van der Waals surface area contributed by atoms with Crippen molar-refractivity contribution in [2.75, 3.05) is 13.7 Å². The van der Waals surface area contributed by atoms with Crippen LogP contribution in [0.25, 0.3) is 11.0 Å². The van der Waals surface area contributed by atoms with Crippen LogP contribution in [0.4, 0.5) is 0 Å². The summed E-state index contributed by atoms with van der Waals surface area (Å²) in [6, 6.07) is 14.6. The van der Waals surface area contributed by atoms with Gasteiger partial charge in [0.25, 0.3) is 0 Å². The van der Waals surface area contributed by atoms with Gasteiger partial charge in [0.1, 0.15) is 5.69 Å². The van der Waals surface area contributed by atoms with Crippen molar-refractivity contribution in [3.8, 4) is 0 Å². The van der Waals surface area contributed by atoms with E-state index in [1.165, 1.54) is 7.11 Å². The lowest BCUT2D eigenvalue weighted by atomic mass is 10.1. The molecule has 1 N–H and O–H groups in total. The largest absolute Gasteiger partial charge is 0.465 e. The highest BCUT2D eigenvalue weighted by atomic mass is 16.5. The fraction of sp³-hybridized carbons (Fsp3) is 0.211. The summed E-state index contributed by atoms with van der Waals surface area (Å²) in [6.07, 6.45) is 0.852. The van der Waals surface area contributed by atoms with E-state index in [-0.39, 0.29) is 18.3 Å². The molecule has 0 bridgehead atoms. The van der Waals surface area contributed by atoms with Gasteiger partial charge in [-0.05, 0) is 36.2 Å². The van der Waals surface area contributed by atoms with E-state index in [2.05, 4.69) is 15.2 Å². The van der Waals surface area contributed by atoms with Gasteiger partial charge in [-0.15, -0.1) is 0 Å². The van der Waals surface area contributed by atoms with Crippen LogP contribution in [0.3, 0.4) is 0 Å². The molecule has 0 aliphatic rings. The van der Waals surface area contributed by atoms with Gasteiger partial charge in [0.05, 0.1) is 19.1 Å². The first-order valence-corrected chi connectivity index (χ1v) is 7.94. The molecule has 0 aliphatic carbocycles. The molecule has 1 amide bonds. The molecule has 25 heavy (non-hydrogen) atoms. The lowest BCUT2D eigenvalue weighted by molar-refractivity contribution is -0.120. The van der Waals surface area contributed by atoms with Crippen LogP contribution in [0.15, 0.2) is 53.1 Å². The Kier molecular flexibility index (Phi) is 5.09. The summed E-state index contributed by atoms with van der Waals surface area (Å²) in [6.45, 7) is 0.506. The van der Waals surface area contributed by atoms with E-state index in [1.54, 1.807) is 12.1 Å². The number of ether oxygens (including phenoxy) is 1. The molecule has 0 saturated carbocycles. The summed E-state index contributed by atoms with van der Waals surface area (Å²) in [5, 5.41) is 7.68. The van der Waals surface area contributed by atoms with Crippen molar-refractivity contribution in [1.82, 2.24) is 10.5 Å². The Bertz CT molecular complexity index is 884. The first kappa shape index (κ1) is 16.7. The number of nitrogens with one attached hydrogen (secondary N) is 1. The molecule has 128 valence electrons. The van der Waals surface area contributed by atoms with Gasteiger partial charge in [-0.2, -0.15) is 0 Å². The van der Waals surface area contributed by atoms with E-state index in [4.69, 9.17) is 4.52 Å². The number of carbonyl (C=O) groups is 2. The summed E-state index contributed by atoms with van der Waals surface area (Å²) in [5.74, 6) is -0.468. The number of para-hydroxylation sites is 1. The Balaban J connectivity index is 1.50. The molecule has 0 radical (unpaired) electrons. The average molecular weight is 338 g/mol. The topological polar surface area (TPSA) is 81.4 Å². The highest BCUT2D eigenvalue weighted by molar-refractivity contribution is 5.89. The van der Waals surface area contributed by atoms with E-state index in [9.17, 15) is 9.59 Å². The number of esters is 1. The number of rotatable bonds is 6. The normalized spacial score (nSPS) is 10.6. The van der Waals surface area contributed by atoms with Crippen LogP contribution in [-0.2, 0) is 22.4 Å². The average Bonchev–Trinajstić information content (AvgIpc) is 3.04. The molecular weight excluding hydrogens is 320 g/mol. The summed E-state index contributed by atoms with van der Waals surface area (Å²) >= 11 is 0. The van der Waals surface area contributed by atoms with Crippen LogP contribution in [0, 0.1) is 0 Å². The third-order valence-electron chi connectivity index (χ3n) is 3.89. The number of fused-ring (bicyclic) bond motifs is 1. The van der Waals surface area contributed by atoms with Crippen molar-refractivity contribution in [2.45, 2.75) is 12.8 Å². The molecule has 0 aliphatic heterocycles. The fourth-order valence-corrected chi connectivity index (χ4v) is 2.55. The fourth-order valence-electron chi connectivity index (χ4n) is 2.55. The Morgan fingerprint density at radius 2 is 1.88 bits per heavy atom. The quantitative estimate of drug-likeness (QED) is 0.699. The third-order valence-corrected chi connectivity index (χ3v) is 3.89. The molecule has 0 saturated heterocycles. The maximum atomic E-state index is 12.1. The molecule has 1 aromatic heterocycles. The first-order chi connectivity index (χ1) is 12.2. The lowest BCUT2D eigenvalue weighted by Gasteiger charge is -2.05. The zero-order chi connectivity index (χ0) is 17.6. The van der Waals surface area contributed by atoms with E-state index in [0.29, 0.717) is 29.8 Å². The van der Waals surface area contributed by atoms with Crippen molar-refractivity contribution in [3.63, 3.8) is 0 Å². The Labute approximate surface area is 144 Å². The third kappa shape index (κ3) is 4.03. The molecular formula is C19H18N2O4. The molecule has 0 fully saturated rings. The molecule has 0 spiro atoms. The van der Waals surface area contributed by atoms with Crippen LogP contribution >= 0.6 is 0 Å². The molecule has 6 heteroatoms. The van der Waals surface area contributed by atoms with Crippen LogP contribution in [-0.4, -0.2) is 30.7 Å². The number of hydrogen-bond acceptors (Lipinski definition) is 5. The number of amides is 1. The van der Waals surface area contributed by atoms with Crippen molar-refractivity contribution < 1.29 is 18.8 Å². The van der Waals surface area contributed by atoms with Gasteiger partial charge in [-0.25, -0.2) is 4.79 Å². The van der Waals surface area contributed by atoms with E-state index >= 15 is 0 Å². The van der Waals surface area contributed by atoms with E-state index < -0.39 is 0 Å². The molecule has 2 aromatic carbocycles. The zero-order valence-corrected chi connectivity index (χ0v) is 13.8. The molecule has 3 aromatic rings. The van der Waals surface area contributed by atoms with Gasteiger partial charge in [-0.3, -0.25) is 4.79 Å². The van der Waals surface area contributed by atoms with Gasteiger partial charge < -0.3 is 14.6 Å². The molecule has 0 atom stereocenters. The predicted octanol–water partition coefficient (Wildman–Crippen LogP) is 2.52.